The van der Waals surface area contributed by atoms with Gasteiger partial charge in [0, 0.05) is 19.3 Å². The van der Waals surface area contributed by atoms with Gasteiger partial charge in [-0.1, -0.05) is 199 Å². The minimum atomic E-state index is -0.829. The number of carbonyl (C=O) groups is 3. The van der Waals surface area contributed by atoms with E-state index in [0.29, 0.717) is 19.3 Å². The third kappa shape index (κ3) is 44.2. The Balaban J connectivity index is 4.61. The molecule has 0 heterocycles. The Bertz CT molecular complexity index is 1390. The summed E-state index contributed by atoms with van der Waals surface area (Å²) in [6.45, 7) is 6.08. The van der Waals surface area contributed by atoms with Crippen LogP contribution in [-0.4, -0.2) is 37.2 Å². The molecule has 0 aliphatic rings. The van der Waals surface area contributed by atoms with Crippen molar-refractivity contribution in [3.05, 3.63) is 146 Å². The fourth-order valence-electron chi connectivity index (χ4n) is 5.29. The maximum Gasteiger partial charge on any atom is 0.306 e. The summed E-state index contributed by atoms with van der Waals surface area (Å²) in [6, 6.07) is 0. The van der Waals surface area contributed by atoms with Gasteiger partial charge in [0.05, 0.1) is 0 Å². The maximum atomic E-state index is 12.7. The Morgan fingerprint density at radius 2 is 0.610 bits per heavy atom. The van der Waals surface area contributed by atoms with E-state index >= 15 is 0 Å². The number of ether oxygens (including phenoxy) is 3. The van der Waals surface area contributed by atoms with Crippen LogP contribution in [0.25, 0.3) is 0 Å². The van der Waals surface area contributed by atoms with Crippen molar-refractivity contribution in [2.75, 3.05) is 13.2 Å². The second-order valence-corrected chi connectivity index (χ2v) is 14.1. The molecule has 0 radical (unpaired) electrons. The Morgan fingerprint density at radius 3 is 0.966 bits per heavy atom. The number of esters is 3. The second-order valence-electron chi connectivity index (χ2n) is 14.1. The minimum Gasteiger partial charge on any atom is -0.462 e. The molecule has 0 aromatic heterocycles. The Kier molecular flexibility index (Phi) is 42.3. The smallest absolute Gasteiger partial charge is 0.306 e. The third-order valence-corrected chi connectivity index (χ3v) is 8.60. The monoisotopic (exact) mass is 811 g/mol. The highest BCUT2D eigenvalue weighted by atomic mass is 16.6. The molecule has 0 N–H and O–H groups in total. The average Bonchev–Trinajstić information content (AvgIpc) is 3.23. The molecule has 6 nitrogen and oxygen atoms in total. The lowest BCUT2D eigenvalue weighted by atomic mass is 10.1. The van der Waals surface area contributed by atoms with Gasteiger partial charge in [0.15, 0.2) is 6.10 Å². The lowest BCUT2D eigenvalue weighted by molar-refractivity contribution is -0.167. The molecule has 0 fully saturated rings. The highest BCUT2D eigenvalue weighted by Crippen LogP contribution is 2.11. The van der Waals surface area contributed by atoms with Crippen LogP contribution in [0, 0.1) is 0 Å². The number of allylic oxidation sites excluding steroid dienone is 24. The summed E-state index contributed by atoms with van der Waals surface area (Å²) in [7, 11) is 0. The maximum absolute atomic E-state index is 12.7. The summed E-state index contributed by atoms with van der Waals surface area (Å²) in [5.74, 6) is -1.05. The van der Waals surface area contributed by atoms with E-state index in [-0.39, 0.29) is 44.0 Å². The third-order valence-electron chi connectivity index (χ3n) is 8.60. The zero-order valence-corrected chi connectivity index (χ0v) is 36.9. The molecule has 59 heavy (non-hydrogen) atoms. The Labute approximate surface area is 359 Å². The minimum absolute atomic E-state index is 0.126. The molecule has 6 heteroatoms. The first kappa shape index (κ1) is 54.3. The van der Waals surface area contributed by atoms with E-state index in [2.05, 4.69) is 75.5 Å². The van der Waals surface area contributed by atoms with Crippen molar-refractivity contribution in [2.24, 2.45) is 0 Å². The van der Waals surface area contributed by atoms with E-state index in [1.54, 1.807) is 0 Å². The van der Waals surface area contributed by atoms with Crippen LogP contribution in [0.15, 0.2) is 146 Å². The van der Waals surface area contributed by atoms with E-state index in [1.165, 1.54) is 0 Å². The molecule has 0 aliphatic carbocycles. The largest absolute Gasteiger partial charge is 0.462 e. The van der Waals surface area contributed by atoms with Crippen molar-refractivity contribution in [2.45, 2.75) is 155 Å². The number of rotatable bonds is 37. The van der Waals surface area contributed by atoms with Crippen LogP contribution in [-0.2, 0) is 28.6 Å². The molecule has 0 aromatic carbocycles. The van der Waals surface area contributed by atoms with Crippen LogP contribution in [0.1, 0.15) is 149 Å². The van der Waals surface area contributed by atoms with Gasteiger partial charge in [0.25, 0.3) is 0 Å². The van der Waals surface area contributed by atoms with Gasteiger partial charge in [0.1, 0.15) is 13.2 Å². The summed E-state index contributed by atoms with van der Waals surface area (Å²) in [4.78, 5) is 37.8. The highest BCUT2D eigenvalue weighted by Gasteiger charge is 2.19. The van der Waals surface area contributed by atoms with Gasteiger partial charge in [0.2, 0.25) is 0 Å². The van der Waals surface area contributed by atoms with Crippen LogP contribution in [0.2, 0.25) is 0 Å². The predicted molar refractivity (Wildman–Crippen MR) is 251 cm³/mol. The fourth-order valence-corrected chi connectivity index (χ4v) is 5.29. The molecule has 0 aromatic rings. The van der Waals surface area contributed by atoms with E-state index in [0.717, 1.165) is 96.3 Å². The molecule has 1 atom stereocenters. The van der Waals surface area contributed by atoms with Crippen molar-refractivity contribution >= 4 is 17.9 Å². The number of hydrogen-bond donors (Lipinski definition) is 0. The second kappa shape index (κ2) is 46.0. The molecule has 0 bridgehead atoms. The van der Waals surface area contributed by atoms with Crippen molar-refractivity contribution in [3.63, 3.8) is 0 Å². The van der Waals surface area contributed by atoms with E-state index < -0.39 is 6.10 Å². The van der Waals surface area contributed by atoms with Crippen LogP contribution in [0.4, 0.5) is 0 Å². The SMILES string of the molecule is CC/C=C/C=C/C=C/C=C/C=C/CCCCCC(=O)OCC(COC(=O)CCCCCCC/C=C/C=C/C=C/CC)OC(=O)CCCCC/C=C/C=C/C=C/C=C/CC. The van der Waals surface area contributed by atoms with Gasteiger partial charge >= 0.3 is 17.9 Å². The molecule has 0 saturated carbocycles. The Hall–Kier alpha value is -4.71. The van der Waals surface area contributed by atoms with E-state index in [1.807, 2.05) is 91.1 Å². The van der Waals surface area contributed by atoms with Gasteiger partial charge in [-0.2, -0.15) is 0 Å². The van der Waals surface area contributed by atoms with Crippen molar-refractivity contribution in [3.8, 4) is 0 Å². The van der Waals surface area contributed by atoms with Crippen LogP contribution in [0.3, 0.4) is 0 Å². The van der Waals surface area contributed by atoms with Gasteiger partial charge in [-0.05, 0) is 77.0 Å². The zero-order chi connectivity index (χ0) is 43.0. The molecular formula is C53H78O6. The van der Waals surface area contributed by atoms with Gasteiger partial charge in [-0.3, -0.25) is 14.4 Å². The topological polar surface area (TPSA) is 78.9 Å². The fraction of sp³-hybridized carbons (Fsp3) is 0.491. The molecule has 1 unspecified atom stereocenters. The molecule has 0 saturated heterocycles. The van der Waals surface area contributed by atoms with Crippen LogP contribution >= 0.6 is 0 Å². The summed E-state index contributed by atoms with van der Waals surface area (Å²) in [5.41, 5.74) is 0. The summed E-state index contributed by atoms with van der Waals surface area (Å²) >= 11 is 0. The number of carbonyl (C=O) groups excluding carboxylic acids is 3. The first-order valence-electron chi connectivity index (χ1n) is 22.5. The quantitative estimate of drug-likeness (QED) is 0.0269. The lowest BCUT2D eigenvalue weighted by Crippen LogP contribution is -2.30. The standard InChI is InChI=1S/C53H78O6/c1-4-7-10-13-16-19-22-25-26-29-31-34-37-40-43-46-52(55)58-49-50(59-53(56)47-44-41-38-35-32-28-24-21-18-15-12-9-6-3)48-57-51(54)45-42-39-36-33-30-27-23-20-17-14-11-8-5-2/h7-26,28-29,31-32,50H,4-6,27,30,33-49H2,1-3H3/b10-7+,11-8+,12-9+,16-13+,17-14+,18-15+,22-19+,23-20+,24-21+,26-25+,31-29+,32-28+. The van der Waals surface area contributed by atoms with Crippen molar-refractivity contribution in [1.82, 2.24) is 0 Å². The zero-order valence-electron chi connectivity index (χ0n) is 36.9. The first-order chi connectivity index (χ1) is 29.0. The van der Waals surface area contributed by atoms with Crippen LogP contribution in [0.5, 0.6) is 0 Å². The van der Waals surface area contributed by atoms with Crippen LogP contribution < -0.4 is 0 Å². The normalized spacial score (nSPS) is 13.5. The Morgan fingerprint density at radius 1 is 0.339 bits per heavy atom. The van der Waals surface area contributed by atoms with Gasteiger partial charge < -0.3 is 14.2 Å². The van der Waals surface area contributed by atoms with Gasteiger partial charge in [-0.15, -0.1) is 0 Å². The molecule has 0 rings (SSSR count). The van der Waals surface area contributed by atoms with E-state index in [9.17, 15) is 14.4 Å². The van der Waals surface area contributed by atoms with E-state index in [4.69, 9.17) is 14.2 Å². The summed E-state index contributed by atoms with van der Waals surface area (Å²) < 4.78 is 16.6. The van der Waals surface area contributed by atoms with Gasteiger partial charge in [-0.25, -0.2) is 0 Å². The van der Waals surface area contributed by atoms with Crippen molar-refractivity contribution in [1.29, 1.82) is 0 Å². The number of hydrogen-bond acceptors (Lipinski definition) is 6. The first-order valence-corrected chi connectivity index (χ1v) is 22.5. The molecular weight excluding hydrogens is 733 g/mol. The molecule has 0 amide bonds. The number of unbranched alkanes of at least 4 members (excludes halogenated alkanes) is 11. The average molecular weight is 811 g/mol. The molecule has 326 valence electrons. The summed E-state index contributed by atoms with van der Waals surface area (Å²) in [5, 5.41) is 0. The predicted octanol–water partition coefficient (Wildman–Crippen LogP) is 14.5. The molecule has 0 spiro atoms. The van der Waals surface area contributed by atoms with Crippen molar-refractivity contribution < 1.29 is 28.6 Å². The highest BCUT2D eigenvalue weighted by molar-refractivity contribution is 5.71. The molecule has 0 aliphatic heterocycles. The summed E-state index contributed by atoms with van der Waals surface area (Å²) in [6.07, 6.45) is 65.4. The lowest BCUT2D eigenvalue weighted by Gasteiger charge is -2.18.